The topological polar surface area (TPSA) is 63.5 Å². The standard InChI is InChI=1S/C24H29N3O3S/c1-5-6-11-22-23(28)27(16-19-10-8-7-9-17(19)2)24(31-22)26-25-15-18-12-13-20(29-3)21(14-18)30-4/h7-10,12-15,22H,5-6,11,16H2,1-4H3/b25-15+,26-24-. The fourth-order valence-corrected chi connectivity index (χ4v) is 4.48. The maximum absolute atomic E-state index is 13.1. The van der Waals surface area contributed by atoms with Gasteiger partial charge in [-0.1, -0.05) is 55.8 Å². The fraction of sp³-hybridized carbons (Fsp3) is 0.375. The number of amidine groups is 1. The molecule has 2 aromatic rings. The van der Waals surface area contributed by atoms with Crippen LogP contribution in [0, 0.1) is 6.92 Å². The van der Waals surface area contributed by atoms with Gasteiger partial charge in [-0.2, -0.15) is 5.10 Å². The number of rotatable bonds is 9. The van der Waals surface area contributed by atoms with Crippen LogP contribution < -0.4 is 9.47 Å². The van der Waals surface area contributed by atoms with Crippen LogP contribution in [-0.2, 0) is 11.3 Å². The van der Waals surface area contributed by atoms with Gasteiger partial charge >= 0.3 is 0 Å². The van der Waals surface area contributed by atoms with Crippen molar-refractivity contribution in [1.29, 1.82) is 0 Å². The van der Waals surface area contributed by atoms with Crippen LogP contribution in [-0.4, -0.2) is 41.7 Å². The summed E-state index contributed by atoms with van der Waals surface area (Å²) < 4.78 is 10.6. The van der Waals surface area contributed by atoms with Gasteiger partial charge in [0, 0.05) is 0 Å². The van der Waals surface area contributed by atoms with Crippen LogP contribution in [0.4, 0.5) is 0 Å². The van der Waals surface area contributed by atoms with Gasteiger partial charge in [-0.15, -0.1) is 5.10 Å². The Bertz CT molecular complexity index is 974. The van der Waals surface area contributed by atoms with Crippen molar-refractivity contribution in [2.24, 2.45) is 10.2 Å². The molecule has 0 saturated carbocycles. The van der Waals surface area contributed by atoms with Gasteiger partial charge in [0.05, 0.1) is 32.2 Å². The van der Waals surface area contributed by atoms with Gasteiger partial charge in [-0.3, -0.25) is 9.69 Å². The second-order valence-corrected chi connectivity index (χ2v) is 8.51. The molecule has 6 nitrogen and oxygen atoms in total. The number of benzene rings is 2. The van der Waals surface area contributed by atoms with Crippen LogP contribution in [0.15, 0.2) is 52.7 Å². The molecule has 0 N–H and O–H groups in total. The highest BCUT2D eigenvalue weighted by molar-refractivity contribution is 8.15. The van der Waals surface area contributed by atoms with E-state index in [0.29, 0.717) is 23.2 Å². The Balaban J connectivity index is 1.83. The number of hydrogen-bond donors (Lipinski definition) is 0. The fourth-order valence-electron chi connectivity index (χ4n) is 3.34. The van der Waals surface area contributed by atoms with E-state index >= 15 is 0 Å². The minimum Gasteiger partial charge on any atom is -0.493 e. The highest BCUT2D eigenvalue weighted by Gasteiger charge is 2.37. The third-order valence-electron chi connectivity index (χ3n) is 5.19. The Labute approximate surface area is 188 Å². The van der Waals surface area contributed by atoms with Crippen molar-refractivity contribution in [2.45, 2.75) is 44.9 Å². The number of hydrogen-bond acceptors (Lipinski definition) is 6. The molecular weight excluding hydrogens is 410 g/mol. The normalized spacial score (nSPS) is 17.7. The van der Waals surface area contributed by atoms with Crippen LogP contribution in [0.25, 0.3) is 0 Å². The first-order valence-electron chi connectivity index (χ1n) is 10.4. The Morgan fingerprint density at radius 2 is 1.90 bits per heavy atom. The second kappa shape index (κ2) is 11.0. The molecule has 2 aromatic carbocycles. The van der Waals surface area contributed by atoms with Crippen molar-refractivity contribution in [3.8, 4) is 11.5 Å². The van der Waals surface area contributed by atoms with E-state index in [0.717, 1.165) is 36.0 Å². The predicted octanol–water partition coefficient (Wildman–Crippen LogP) is 5.04. The monoisotopic (exact) mass is 439 g/mol. The van der Waals surface area contributed by atoms with Gasteiger partial charge < -0.3 is 9.47 Å². The van der Waals surface area contributed by atoms with E-state index in [4.69, 9.17) is 9.47 Å². The summed E-state index contributed by atoms with van der Waals surface area (Å²) in [6.45, 7) is 4.70. The number of unbranched alkanes of at least 4 members (excludes halogenated alkanes) is 1. The molecule has 1 saturated heterocycles. The lowest BCUT2D eigenvalue weighted by Crippen LogP contribution is -2.31. The van der Waals surface area contributed by atoms with E-state index in [2.05, 4.69) is 36.2 Å². The number of carbonyl (C=O) groups is 1. The molecule has 0 aromatic heterocycles. The highest BCUT2D eigenvalue weighted by Crippen LogP contribution is 2.32. The van der Waals surface area contributed by atoms with Gasteiger partial charge in [0.1, 0.15) is 0 Å². The summed E-state index contributed by atoms with van der Waals surface area (Å²) in [6, 6.07) is 13.7. The van der Waals surface area contributed by atoms with Gasteiger partial charge in [0.2, 0.25) is 5.91 Å². The largest absolute Gasteiger partial charge is 0.493 e. The average Bonchev–Trinajstić information content (AvgIpc) is 3.08. The van der Waals surface area contributed by atoms with E-state index in [1.807, 2.05) is 30.3 Å². The van der Waals surface area contributed by atoms with E-state index in [1.54, 1.807) is 25.3 Å². The molecular formula is C24H29N3O3S. The van der Waals surface area contributed by atoms with Gasteiger partial charge in [-0.05, 0) is 48.2 Å². The molecule has 0 aliphatic carbocycles. The van der Waals surface area contributed by atoms with Gasteiger partial charge in [0.15, 0.2) is 16.7 Å². The van der Waals surface area contributed by atoms with Crippen molar-refractivity contribution < 1.29 is 14.3 Å². The third-order valence-corrected chi connectivity index (χ3v) is 6.42. The molecule has 0 radical (unpaired) electrons. The molecule has 1 aliphatic rings. The quantitative estimate of drug-likeness (QED) is 0.406. The molecule has 164 valence electrons. The Morgan fingerprint density at radius 3 is 2.61 bits per heavy atom. The molecule has 1 amide bonds. The summed E-state index contributed by atoms with van der Waals surface area (Å²) in [6.07, 6.45) is 4.59. The smallest absolute Gasteiger partial charge is 0.242 e. The Kier molecular flexibility index (Phi) is 8.12. The van der Waals surface area contributed by atoms with E-state index in [9.17, 15) is 4.79 Å². The average molecular weight is 440 g/mol. The first kappa shape index (κ1) is 22.9. The minimum atomic E-state index is -0.0981. The van der Waals surface area contributed by atoms with Crippen molar-refractivity contribution in [3.05, 3.63) is 59.2 Å². The van der Waals surface area contributed by atoms with E-state index in [-0.39, 0.29) is 11.2 Å². The lowest BCUT2D eigenvalue weighted by molar-refractivity contribution is -0.126. The van der Waals surface area contributed by atoms with Crippen molar-refractivity contribution in [1.82, 2.24) is 4.90 Å². The molecule has 1 unspecified atom stereocenters. The van der Waals surface area contributed by atoms with Crippen LogP contribution in [0.5, 0.6) is 11.5 Å². The predicted molar refractivity (Wildman–Crippen MR) is 127 cm³/mol. The summed E-state index contributed by atoms with van der Waals surface area (Å²) in [5, 5.41) is 9.23. The van der Waals surface area contributed by atoms with Crippen molar-refractivity contribution >= 4 is 29.1 Å². The first-order chi connectivity index (χ1) is 15.1. The summed E-state index contributed by atoms with van der Waals surface area (Å²) >= 11 is 1.51. The van der Waals surface area contributed by atoms with Crippen LogP contribution in [0.1, 0.15) is 42.9 Å². The number of methoxy groups -OCH3 is 2. The number of thioether (sulfide) groups is 1. The number of ether oxygens (including phenoxy) is 2. The zero-order valence-electron chi connectivity index (χ0n) is 18.5. The Hall–Kier alpha value is -2.80. The van der Waals surface area contributed by atoms with E-state index < -0.39 is 0 Å². The summed E-state index contributed by atoms with van der Waals surface area (Å²) in [5.41, 5.74) is 3.11. The summed E-state index contributed by atoms with van der Waals surface area (Å²) in [7, 11) is 3.20. The maximum atomic E-state index is 13.1. The van der Waals surface area contributed by atoms with E-state index in [1.165, 1.54) is 11.8 Å². The SMILES string of the molecule is CCCCC1S/C(=N\N=C\c2ccc(OC)c(OC)c2)N(Cc2ccccc2C)C1=O. The molecule has 0 bridgehead atoms. The molecule has 7 heteroatoms. The van der Waals surface area contributed by atoms with Crippen molar-refractivity contribution in [3.63, 3.8) is 0 Å². The number of nitrogens with zero attached hydrogens (tertiary/aromatic N) is 3. The summed E-state index contributed by atoms with van der Waals surface area (Å²) in [5.74, 6) is 1.40. The number of amides is 1. The molecule has 1 fully saturated rings. The second-order valence-electron chi connectivity index (χ2n) is 7.34. The van der Waals surface area contributed by atoms with Gasteiger partial charge in [-0.25, -0.2) is 0 Å². The van der Waals surface area contributed by atoms with Crippen molar-refractivity contribution in [2.75, 3.05) is 14.2 Å². The molecule has 3 rings (SSSR count). The molecule has 1 aliphatic heterocycles. The number of aryl methyl sites for hydroxylation is 1. The number of carbonyl (C=O) groups excluding carboxylic acids is 1. The zero-order chi connectivity index (χ0) is 22.2. The Morgan fingerprint density at radius 1 is 1.13 bits per heavy atom. The maximum Gasteiger partial charge on any atom is 0.242 e. The van der Waals surface area contributed by atoms with Gasteiger partial charge in [0.25, 0.3) is 0 Å². The zero-order valence-corrected chi connectivity index (χ0v) is 19.3. The molecule has 31 heavy (non-hydrogen) atoms. The molecule has 0 spiro atoms. The van der Waals surface area contributed by atoms with Crippen LogP contribution in [0.2, 0.25) is 0 Å². The third kappa shape index (κ3) is 5.67. The van der Waals surface area contributed by atoms with Crippen LogP contribution >= 0.6 is 11.8 Å². The minimum absolute atomic E-state index is 0.0981. The van der Waals surface area contributed by atoms with Crippen LogP contribution in [0.3, 0.4) is 0 Å². The lowest BCUT2D eigenvalue weighted by Gasteiger charge is -2.17. The lowest BCUT2D eigenvalue weighted by atomic mass is 10.1. The highest BCUT2D eigenvalue weighted by atomic mass is 32.2. The molecule has 1 atom stereocenters. The molecule has 1 heterocycles. The first-order valence-corrected chi connectivity index (χ1v) is 11.3. The summed E-state index contributed by atoms with van der Waals surface area (Å²) in [4.78, 5) is 14.8.